The quantitative estimate of drug-likeness (QED) is 0.746. The van der Waals surface area contributed by atoms with Crippen molar-refractivity contribution in [3.63, 3.8) is 0 Å². The van der Waals surface area contributed by atoms with E-state index in [0.29, 0.717) is 11.6 Å². The number of ether oxygens (including phenoxy) is 1. The van der Waals surface area contributed by atoms with Crippen LogP contribution in [0, 0.1) is 0 Å². The maximum atomic E-state index is 12.3. The zero-order chi connectivity index (χ0) is 17.1. The van der Waals surface area contributed by atoms with E-state index in [1.807, 2.05) is 42.5 Å². The Morgan fingerprint density at radius 2 is 1.79 bits per heavy atom. The van der Waals surface area contributed by atoms with Crippen LogP contribution in [0.5, 0.6) is 0 Å². The molecule has 1 unspecified atom stereocenters. The smallest absolute Gasteiger partial charge is 0.328 e. The molecular formula is C18H19ClN2O3. The summed E-state index contributed by atoms with van der Waals surface area (Å²) in [6.45, 7) is 0.630. The molecule has 3 rings (SSSR count). The predicted octanol–water partition coefficient (Wildman–Crippen LogP) is 2.57. The largest absolute Gasteiger partial charge is 0.389 e. The lowest BCUT2D eigenvalue weighted by atomic mass is 10.2. The fraction of sp³-hybridized carbons (Fsp3) is 0.278. The lowest BCUT2D eigenvalue weighted by molar-refractivity contribution is 0.0204. The highest BCUT2D eigenvalue weighted by Gasteiger charge is 2.14. The number of aliphatic hydroxyl groups excluding tert-OH is 1. The van der Waals surface area contributed by atoms with E-state index in [0.717, 1.165) is 16.6 Å². The van der Waals surface area contributed by atoms with Crippen LogP contribution in [0.4, 0.5) is 0 Å². The predicted molar refractivity (Wildman–Crippen MR) is 94.3 cm³/mol. The van der Waals surface area contributed by atoms with Gasteiger partial charge in [-0.3, -0.25) is 9.13 Å². The van der Waals surface area contributed by atoms with Gasteiger partial charge in [-0.2, -0.15) is 0 Å². The summed E-state index contributed by atoms with van der Waals surface area (Å²) in [5.74, 6) is 0. The third-order valence-corrected chi connectivity index (χ3v) is 4.34. The molecule has 0 amide bonds. The number of para-hydroxylation sites is 2. The minimum absolute atomic E-state index is 0.126. The summed E-state index contributed by atoms with van der Waals surface area (Å²) in [4.78, 5) is 12.3. The van der Waals surface area contributed by atoms with Crippen LogP contribution in [0.3, 0.4) is 0 Å². The molecule has 1 N–H and O–H groups in total. The topological polar surface area (TPSA) is 56.4 Å². The van der Waals surface area contributed by atoms with Gasteiger partial charge in [-0.1, -0.05) is 41.9 Å². The summed E-state index contributed by atoms with van der Waals surface area (Å²) in [6.07, 6.45) is -0.781. The highest BCUT2D eigenvalue weighted by Crippen LogP contribution is 2.16. The van der Waals surface area contributed by atoms with Gasteiger partial charge in [0, 0.05) is 12.1 Å². The Balaban J connectivity index is 1.65. The van der Waals surface area contributed by atoms with Crippen molar-refractivity contribution in [2.24, 2.45) is 7.05 Å². The third-order valence-electron chi connectivity index (χ3n) is 3.97. The lowest BCUT2D eigenvalue weighted by Crippen LogP contribution is -2.30. The molecule has 0 bridgehead atoms. The number of nitrogens with zero attached hydrogens (tertiary/aromatic N) is 2. The van der Waals surface area contributed by atoms with Gasteiger partial charge in [0.05, 0.1) is 36.9 Å². The number of hydrogen-bond donors (Lipinski definition) is 1. The number of benzene rings is 2. The Hall–Kier alpha value is -2.08. The summed E-state index contributed by atoms with van der Waals surface area (Å²) in [6, 6.07) is 14.9. The molecule has 0 aliphatic rings. The van der Waals surface area contributed by atoms with E-state index in [4.69, 9.17) is 16.3 Å². The molecule has 0 aliphatic heterocycles. The van der Waals surface area contributed by atoms with Crippen LogP contribution in [0.2, 0.25) is 5.02 Å². The normalized spacial score (nSPS) is 12.6. The van der Waals surface area contributed by atoms with Crippen molar-refractivity contribution < 1.29 is 9.84 Å². The Morgan fingerprint density at radius 3 is 2.54 bits per heavy atom. The highest BCUT2D eigenvalue weighted by molar-refractivity contribution is 6.31. The molecule has 0 saturated heterocycles. The Kier molecular flexibility index (Phi) is 5.04. The average molecular weight is 347 g/mol. The molecule has 0 aliphatic carbocycles. The maximum Gasteiger partial charge on any atom is 0.328 e. The van der Waals surface area contributed by atoms with Crippen molar-refractivity contribution >= 4 is 22.6 Å². The van der Waals surface area contributed by atoms with Gasteiger partial charge in [-0.15, -0.1) is 0 Å². The van der Waals surface area contributed by atoms with Gasteiger partial charge in [-0.25, -0.2) is 4.79 Å². The van der Waals surface area contributed by atoms with Gasteiger partial charge >= 0.3 is 5.69 Å². The number of halogens is 1. The SMILES string of the molecule is Cn1c(=O)n(CC(O)COCc2ccccc2Cl)c2ccccc21. The zero-order valence-corrected chi connectivity index (χ0v) is 14.1. The molecule has 6 heteroatoms. The molecule has 3 aromatic rings. The molecule has 1 atom stereocenters. The number of imidazole rings is 1. The van der Waals surface area contributed by atoms with Crippen molar-refractivity contribution in [3.05, 3.63) is 69.6 Å². The summed E-state index contributed by atoms with van der Waals surface area (Å²) < 4.78 is 8.68. The summed E-state index contributed by atoms with van der Waals surface area (Å²) in [5.41, 5.74) is 2.36. The Morgan fingerprint density at radius 1 is 1.12 bits per heavy atom. The fourth-order valence-corrected chi connectivity index (χ4v) is 2.91. The fourth-order valence-electron chi connectivity index (χ4n) is 2.72. The van der Waals surface area contributed by atoms with Crippen molar-refractivity contribution in [2.45, 2.75) is 19.3 Å². The molecule has 0 saturated carbocycles. The van der Waals surface area contributed by atoms with Crippen molar-refractivity contribution in [2.75, 3.05) is 6.61 Å². The summed E-state index contributed by atoms with van der Waals surface area (Å²) in [5, 5.41) is 10.9. The summed E-state index contributed by atoms with van der Waals surface area (Å²) in [7, 11) is 1.72. The third kappa shape index (κ3) is 3.38. The molecule has 0 fully saturated rings. The van der Waals surface area contributed by atoms with E-state index in [1.54, 1.807) is 22.2 Å². The van der Waals surface area contributed by atoms with Crippen LogP contribution in [0.15, 0.2) is 53.3 Å². The van der Waals surface area contributed by atoms with Gasteiger partial charge in [0.1, 0.15) is 0 Å². The number of rotatable bonds is 6. The van der Waals surface area contributed by atoms with Crippen molar-refractivity contribution in [3.8, 4) is 0 Å². The molecule has 1 heterocycles. The minimum atomic E-state index is -0.781. The standard InChI is InChI=1S/C18H19ClN2O3/c1-20-16-8-4-5-9-17(16)21(18(20)23)10-14(22)12-24-11-13-6-2-3-7-15(13)19/h2-9,14,22H,10-12H2,1H3. The second kappa shape index (κ2) is 7.21. The first-order valence-electron chi connectivity index (χ1n) is 7.71. The van der Waals surface area contributed by atoms with E-state index in [2.05, 4.69) is 0 Å². The number of fused-ring (bicyclic) bond motifs is 1. The molecule has 5 nitrogen and oxygen atoms in total. The average Bonchev–Trinajstić information content (AvgIpc) is 2.82. The second-order valence-electron chi connectivity index (χ2n) is 5.70. The molecule has 0 spiro atoms. The minimum Gasteiger partial charge on any atom is -0.389 e. The Labute approximate surface area is 144 Å². The lowest BCUT2D eigenvalue weighted by Gasteiger charge is -2.12. The molecule has 0 radical (unpaired) electrons. The first-order chi connectivity index (χ1) is 11.6. The maximum absolute atomic E-state index is 12.3. The molecule has 24 heavy (non-hydrogen) atoms. The van der Waals surface area contributed by atoms with Gasteiger partial charge in [-0.05, 0) is 23.8 Å². The molecule has 1 aromatic heterocycles. The van der Waals surface area contributed by atoms with Crippen LogP contribution in [0.1, 0.15) is 5.56 Å². The van der Waals surface area contributed by atoms with E-state index >= 15 is 0 Å². The Bertz CT molecular complexity index is 901. The van der Waals surface area contributed by atoms with Crippen LogP contribution in [0.25, 0.3) is 11.0 Å². The van der Waals surface area contributed by atoms with Crippen LogP contribution in [-0.2, 0) is 24.9 Å². The molecule has 126 valence electrons. The van der Waals surface area contributed by atoms with E-state index < -0.39 is 6.10 Å². The monoisotopic (exact) mass is 346 g/mol. The zero-order valence-electron chi connectivity index (χ0n) is 13.4. The first-order valence-corrected chi connectivity index (χ1v) is 8.09. The molecular weight excluding hydrogens is 328 g/mol. The van der Waals surface area contributed by atoms with Crippen LogP contribution >= 0.6 is 11.6 Å². The molecule has 2 aromatic carbocycles. The highest BCUT2D eigenvalue weighted by atomic mass is 35.5. The van der Waals surface area contributed by atoms with E-state index in [1.165, 1.54) is 0 Å². The van der Waals surface area contributed by atoms with Crippen molar-refractivity contribution in [1.29, 1.82) is 0 Å². The van der Waals surface area contributed by atoms with Crippen LogP contribution < -0.4 is 5.69 Å². The van der Waals surface area contributed by atoms with Crippen LogP contribution in [-0.4, -0.2) is 27.0 Å². The van der Waals surface area contributed by atoms with Gasteiger partial charge in [0.2, 0.25) is 0 Å². The van der Waals surface area contributed by atoms with Gasteiger partial charge in [0.25, 0.3) is 0 Å². The number of aromatic nitrogens is 2. The first kappa shape index (κ1) is 16.8. The number of hydrogen-bond acceptors (Lipinski definition) is 3. The summed E-state index contributed by atoms with van der Waals surface area (Å²) >= 11 is 6.07. The van der Waals surface area contributed by atoms with Gasteiger partial charge in [0.15, 0.2) is 0 Å². The van der Waals surface area contributed by atoms with Crippen molar-refractivity contribution in [1.82, 2.24) is 9.13 Å². The van der Waals surface area contributed by atoms with E-state index in [9.17, 15) is 9.90 Å². The van der Waals surface area contributed by atoms with Gasteiger partial charge < -0.3 is 9.84 Å². The number of aliphatic hydroxyl groups is 1. The van der Waals surface area contributed by atoms with E-state index in [-0.39, 0.29) is 18.8 Å². The second-order valence-corrected chi connectivity index (χ2v) is 6.11. The number of aryl methyl sites for hydroxylation is 1.